The fourth-order valence-corrected chi connectivity index (χ4v) is 2.06. The number of amides is 1. The fourth-order valence-electron chi connectivity index (χ4n) is 2.06. The van der Waals surface area contributed by atoms with Crippen LogP contribution in [0.25, 0.3) is 17.0 Å². The van der Waals surface area contributed by atoms with Crippen molar-refractivity contribution in [2.45, 2.75) is 26.3 Å². The summed E-state index contributed by atoms with van der Waals surface area (Å²) in [6.07, 6.45) is 4.01. The van der Waals surface area contributed by atoms with Gasteiger partial charge in [-0.05, 0) is 19.1 Å². The van der Waals surface area contributed by atoms with E-state index in [4.69, 9.17) is 9.52 Å². The Bertz CT molecular complexity index is 628. The number of aliphatic hydroxyl groups excluding tert-OH is 1. The summed E-state index contributed by atoms with van der Waals surface area (Å²) in [5.74, 6) is 0.643. The van der Waals surface area contributed by atoms with Gasteiger partial charge < -0.3 is 14.8 Å². The largest absolute Gasteiger partial charge is 0.460 e. The highest BCUT2D eigenvalue weighted by molar-refractivity contribution is 5.96. The molecule has 0 saturated heterocycles. The van der Waals surface area contributed by atoms with E-state index in [1.807, 2.05) is 31.2 Å². The van der Waals surface area contributed by atoms with Gasteiger partial charge in [0.2, 0.25) is 5.91 Å². The molecule has 20 heavy (non-hydrogen) atoms. The van der Waals surface area contributed by atoms with Crippen LogP contribution < -0.4 is 5.32 Å². The molecule has 1 amide bonds. The normalized spacial score (nSPS) is 12.9. The van der Waals surface area contributed by atoms with Crippen LogP contribution in [0.2, 0.25) is 0 Å². The average molecular weight is 273 g/mol. The molecule has 0 fully saturated rings. The van der Waals surface area contributed by atoms with Crippen LogP contribution in [0.1, 0.15) is 25.2 Å². The molecule has 4 heteroatoms. The van der Waals surface area contributed by atoms with E-state index < -0.39 is 0 Å². The first-order valence-corrected chi connectivity index (χ1v) is 6.75. The molecular formula is C16H19NO3. The number of hydrogen-bond donors (Lipinski definition) is 2. The molecule has 4 nitrogen and oxygen atoms in total. The van der Waals surface area contributed by atoms with Gasteiger partial charge in [-0.15, -0.1) is 0 Å². The second-order valence-electron chi connectivity index (χ2n) is 4.71. The Labute approximate surface area is 118 Å². The highest BCUT2D eigenvalue weighted by Crippen LogP contribution is 2.27. The predicted molar refractivity (Wildman–Crippen MR) is 79.3 cm³/mol. The van der Waals surface area contributed by atoms with E-state index >= 15 is 0 Å². The summed E-state index contributed by atoms with van der Waals surface area (Å²) >= 11 is 0. The van der Waals surface area contributed by atoms with Gasteiger partial charge in [-0.25, -0.2) is 0 Å². The van der Waals surface area contributed by atoms with Gasteiger partial charge in [-0.1, -0.05) is 25.1 Å². The number of rotatable bonds is 5. The molecule has 0 bridgehead atoms. The van der Waals surface area contributed by atoms with E-state index in [2.05, 4.69) is 5.32 Å². The lowest BCUT2D eigenvalue weighted by molar-refractivity contribution is -0.117. The maximum Gasteiger partial charge on any atom is 0.244 e. The van der Waals surface area contributed by atoms with Gasteiger partial charge in [0.1, 0.15) is 11.3 Å². The lowest BCUT2D eigenvalue weighted by atomic mass is 10.1. The lowest BCUT2D eigenvalue weighted by Crippen LogP contribution is -2.33. The number of carbonyl (C=O) groups excluding carboxylic acids is 1. The number of benzene rings is 1. The number of hydrogen-bond acceptors (Lipinski definition) is 3. The van der Waals surface area contributed by atoms with Crippen LogP contribution in [0, 0.1) is 0 Å². The van der Waals surface area contributed by atoms with Crippen LogP contribution in [0.5, 0.6) is 0 Å². The second-order valence-corrected chi connectivity index (χ2v) is 4.71. The Morgan fingerprint density at radius 2 is 2.20 bits per heavy atom. The molecule has 0 spiro atoms. The van der Waals surface area contributed by atoms with Gasteiger partial charge in [0.25, 0.3) is 0 Å². The van der Waals surface area contributed by atoms with E-state index in [9.17, 15) is 4.79 Å². The predicted octanol–water partition coefficient (Wildman–Crippen LogP) is 2.51. The summed E-state index contributed by atoms with van der Waals surface area (Å²) in [6, 6.07) is 7.52. The van der Waals surface area contributed by atoms with Crippen molar-refractivity contribution in [3.63, 3.8) is 0 Å². The Morgan fingerprint density at radius 1 is 1.45 bits per heavy atom. The topological polar surface area (TPSA) is 62.5 Å². The molecule has 0 saturated carbocycles. The summed E-state index contributed by atoms with van der Waals surface area (Å²) in [7, 11) is 0. The summed E-state index contributed by atoms with van der Waals surface area (Å²) in [4.78, 5) is 11.7. The Kier molecular flexibility index (Phi) is 4.58. The summed E-state index contributed by atoms with van der Waals surface area (Å²) in [5.41, 5.74) is 1.77. The number of fused-ring (bicyclic) bond motifs is 1. The molecule has 0 aliphatic rings. The highest BCUT2D eigenvalue weighted by Gasteiger charge is 2.10. The Morgan fingerprint density at radius 3 is 2.90 bits per heavy atom. The highest BCUT2D eigenvalue weighted by atomic mass is 16.3. The number of aliphatic hydroxyl groups is 1. The van der Waals surface area contributed by atoms with Crippen molar-refractivity contribution in [2.75, 3.05) is 6.61 Å². The van der Waals surface area contributed by atoms with E-state index in [1.165, 1.54) is 6.08 Å². The minimum Gasteiger partial charge on any atom is -0.460 e. The zero-order valence-corrected chi connectivity index (χ0v) is 11.7. The van der Waals surface area contributed by atoms with Crippen molar-refractivity contribution in [3.05, 3.63) is 41.7 Å². The molecule has 1 heterocycles. The average Bonchev–Trinajstić information content (AvgIpc) is 2.82. The zero-order chi connectivity index (χ0) is 14.5. The summed E-state index contributed by atoms with van der Waals surface area (Å²) in [6.45, 7) is 3.69. The van der Waals surface area contributed by atoms with Crippen LogP contribution in [-0.2, 0) is 11.2 Å². The van der Waals surface area contributed by atoms with Crippen molar-refractivity contribution in [2.24, 2.45) is 0 Å². The van der Waals surface area contributed by atoms with Crippen molar-refractivity contribution in [1.29, 1.82) is 0 Å². The van der Waals surface area contributed by atoms with E-state index in [0.29, 0.717) is 0 Å². The molecule has 0 radical (unpaired) electrons. The van der Waals surface area contributed by atoms with Crippen LogP contribution in [0.4, 0.5) is 0 Å². The maximum absolute atomic E-state index is 11.7. The third-order valence-corrected chi connectivity index (χ3v) is 3.10. The van der Waals surface area contributed by atoms with Crippen molar-refractivity contribution >= 4 is 23.0 Å². The molecule has 2 aromatic rings. The molecular weight excluding hydrogens is 254 g/mol. The number of carbonyl (C=O) groups is 1. The first-order chi connectivity index (χ1) is 9.65. The van der Waals surface area contributed by atoms with Gasteiger partial charge in [0, 0.05) is 29.5 Å². The zero-order valence-electron chi connectivity index (χ0n) is 11.7. The Hall–Kier alpha value is -2.07. The quantitative estimate of drug-likeness (QED) is 0.823. The Balaban J connectivity index is 2.26. The minimum atomic E-state index is -0.251. The number of aryl methyl sites for hydroxylation is 1. The third-order valence-electron chi connectivity index (χ3n) is 3.10. The molecule has 2 N–H and O–H groups in total. The molecule has 0 aliphatic heterocycles. The van der Waals surface area contributed by atoms with E-state index in [1.54, 1.807) is 13.0 Å². The van der Waals surface area contributed by atoms with E-state index in [0.717, 1.165) is 28.7 Å². The van der Waals surface area contributed by atoms with Crippen molar-refractivity contribution < 1.29 is 14.3 Å². The fraction of sp³-hybridized carbons (Fsp3) is 0.312. The first kappa shape index (κ1) is 14.3. The minimum absolute atomic E-state index is 0.0750. The summed E-state index contributed by atoms with van der Waals surface area (Å²) in [5, 5.41) is 12.6. The first-order valence-electron chi connectivity index (χ1n) is 6.75. The molecule has 1 aromatic heterocycles. The standard InChI is InChI=1S/C16H19NO3/c1-3-14-13(8-9-16(19)17-11(2)10-18)12-6-4-5-7-15(12)20-14/h4-9,11,18H,3,10H2,1-2H3,(H,17,19)/b9-8+. The van der Waals surface area contributed by atoms with Crippen molar-refractivity contribution in [1.82, 2.24) is 5.32 Å². The van der Waals surface area contributed by atoms with Gasteiger partial charge in [0.15, 0.2) is 0 Å². The molecule has 1 aromatic carbocycles. The van der Waals surface area contributed by atoms with Crippen LogP contribution in [-0.4, -0.2) is 23.7 Å². The van der Waals surface area contributed by atoms with E-state index in [-0.39, 0.29) is 18.6 Å². The monoisotopic (exact) mass is 273 g/mol. The number of furan rings is 1. The SMILES string of the molecule is CCc1oc2ccccc2c1/C=C/C(=O)NC(C)CO. The number of nitrogens with one attached hydrogen (secondary N) is 1. The smallest absolute Gasteiger partial charge is 0.244 e. The van der Waals surface area contributed by atoms with Crippen molar-refractivity contribution in [3.8, 4) is 0 Å². The third kappa shape index (κ3) is 3.08. The van der Waals surface area contributed by atoms with Crippen LogP contribution in [0.3, 0.4) is 0 Å². The molecule has 2 rings (SSSR count). The van der Waals surface area contributed by atoms with Crippen LogP contribution >= 0.6 is 0 Å². The molecule has 1 unspecified atom stereocenters. The lowest BCUT2D eigenvalue weighted by Gasteiger charge is -2.07. The molecule has 0 aliphatic carbocycles. The van der Waals surface area contributed by atoms with Gasteiger partial charge >= 0.3 is 0 Å². The number of para-hydroxylation sites is 1. The second kappa shape index (κ2) is 6.39. The molecule has 106 valence electrons. The summed E-state index contributed by atoms with van der Waals surface area (Å²) < 4.78 is 5.76. The molecule has 1 atom stereocenters. The van der Waals surface area contributed by atoms with Gasteiger partial charge in [-0.3, -0.25) is 4.79 Å². The van der Waals surface area contributed by atoms with Gasteiger partial charge in [-0.2, -0.15) is 0 Å². The maximum atomic E-state index is 11.7. The van der Waals surface area contributed by atoms with Crippen LogP contribution in [0.15, 0.2) is 34.8 Å². The van der Waals surface area contributed by atoms with Gasteiger partial charge in [0.05, 0.1) is 6.61 Å².